The Labute approximate surface area is 109 Å². The summed E-state index contributed by atoms with van der Waals surface area (Å²) in [7, 11) is 0. The molecule has 2 rings (SSSR count). The van der Waals surface area contributed by atoms with Crippen molar-refractivity contribution in [2.45, 2.75) is 11.8 Å². The molecule has 0 unspecified atom stereocenters. The fourth-order valence-corrected chi connectivity index (χ4v) is 2.79. The summed E-state index contributed by atoms with van der Waals surface area (Å²) < 4.78 is 0. The molecule has 1 heterocycles. The SMILES string of the molecule is Cc1ccc(SCC(=O)NC2=NCCS2)cc1. The third-order valence-electron chi connectivity index (χ3n) is 2.22. The average Bonchev–Trinajstić information content (AvgIpc) is 2.81. The number of rotatable bonds is 3. The predicted molar refractivity (Wildman–Crippen MR) is 74.8 cm³/mol. The molecule has 17 heavy (non-hydrogen) atoms. The maximum absolute atomic E-state index is 11.6. The number of carbonyl (C=O) groups is 1. The van der Waals surface area contributed by atoms with Gasteiger partial charge in [-0.1, -0.05) is 29.5 Å². The summed E-state index contributed by atoms with van der Waals surface area (Å²) in [5.41, 5.74) is 1.23. The number of amidine groups is 1. The first kappa shape index (κ1) is 12.5. The Morgan fingerprint density at radius 1 is 1.47 bits per heavy atom. The van der Waals surface area contributed by atoms with Crippen molar-refractivity contribution in [3.8, 4) is 0 Å². The fourth-order valence-electron chi connectivity index (χ4n) is 1.35. The smallest absolute Gasteiger partial charge is 0.236 e. The van der Waals surface area contributed by atoms with E-state index in [0.29, 0.717) is 5.75 Å². The molecule has 1 N–H and O–H groups in total. The van der Waals surface area contributed by atoms with Gasteiger partial charge in [-0.3, -0.25) is 9.79 Å². The van der Waals surface area contributed by atoms with Crippen LogP contribution in [-0.2, 0) is 4.79 Å². The van der Waals surface area contributed by atoms with E-state index in [1.165, 1.54) is 5.56 Å². The van der Waals surface area contributed by atoms with Crippen LogP contribution in [0.5, 0.6) is 0 Å². The Morgan fingerprint density at radius 2 is 2.24 bits per heavy atom. The number of amides is 1. The van der Waals surface area contributed by atoms with E-state index in [1.807, 2.05) is 12.1 Å². The molecule has 0 atom stereocenters. The predicted octanol–water partition coefficient (Wildman–Crippen LogP) is 2.31. The van der Waals surface area contributed by atoms with Gasteiger partial charge in [-0.2, -0.15) is 0 Å². The van der Waals surface area contributed by atoms with Crippen LogP contribution in [0.25, 0.3) is 0 Å². The molecule has 0 radical (unpaired) electrons. The lowest BCUT2D eigenvalue weighted by atomic mass is 10.2. The van der Waals surface area contributed by atoms with E-state index in [0.717, 1.165) is 22.4 Å². The van der Waals surface area contributed by atoms with Crippen molar-refractivity contribution < 1.29 is 4.79 Å². The Balaban J connectivity index is 1.77. The number of benzene rings is 1. The van der Waals surface area contributed by atoms with Crippen LogP contribution in [0.1, 0.15) is 5.56 Å². The highest BCUT2D eigenvalue weighted by atomic mass is 32.2. The van der Waals surface area contributed by atoms with Gasteiger partial charge in [-0.05, 0) is 19.1 Å². The molecule has 5 heteroatoms. The van der Waals surface area contributed by atoms with Crippen LogP contribution in [0.15, 0.2) is 34.2 Å². The molecule has 1 aliphatic heterocycles. The summed E-state index contributed by atoms with van der Waals surface area (Å²) >= 11 is 3.15. The van der Waals surface area contributed by atoms with Crippen LogP contribution >= 0.6 is 23.5 Å². The zero-order valence-electron chi connectivity index (χ0n) is 9.60. The van der Waals surface area contributed by atoms with Crippen molar-refractivity contribution in [2.75, 3.05) is 18.1 Å². The molecular formula is C12H14N2OS2. The summed E-state index contributed by atoms with van der Waals surface area (Å²) in [4.78, 5) is 16.9. The molecule has 90 valence electrons. The second kappa shape index (κ2) is 6.12. The first-order valence-corrected chi connectivity index (χ1v) is 7.38. The van der Waals surface area contributed by atoms with Crippen molar-refractivity contribution >= 4 is 34.6 Å². The van der Waals surface area contributed by atoms with E-state index >= 15 is 0 Å². The number of carbonyl (C=O) groups excluding carboxylic acids is 1. The second-order valence-corrected chi connectivity index (χ2v) is 5.82. The molecule has 0 spiro atoms. The largest absolute Gasteiger partial charge is 0.305 e. The Kier molecular flexibility index (Phi) is 4.50. The molecule has 0 saturated heterocycles. The van der Waals surface area contributed by atoms with Crippen molar-refractivity contribution in [3.05, 3.63) is 29.8 Å². The minimum absolute atomic E-state index is 0.0173. The number of aryl methyl sites for hydroxylation is 1. The maximum Gasteiger partial charge on any atom is 0.236 e. The fraction of sp³-hybridized carbons (Fsp3) is 0.333. The summed E-state index contributed by atoms with van der Waals surface area (Å²) in [6, 6.07) is 8.18. The molecule has 0 saturated carbocycles. The average molecular weight is 266 g/mol. The number of nitrogens with zero attached hydrogens (tertiary/aromatic N) is 1. The van der Waals surface area contributed by atoms with Gasteiger partial charge in [-0.15, -0.1) is 11.8 Å². The van der Waals surface area contributed by atoms with Crippen molar-refractivity contribution in [1.82, 2.24) is 5.32 Å². The zero-order valence-corrected chi connectivity index (χ0v) is 11.2. The third-order valence-corrected chi connectivity index (χ3v) is 4.13. The van der Waals surface area contributed by atoms with Crippen LogP contribution in [0.3, 0.4) is 0 Å². The highest BCUT2D eigenvalue weighted by Gasteiger charge is 2.10. The van der Waals surface area contributed by atoms with Gasteiger partial charge in [0.25, 0.3) is 0 Å². The molecule has 0 fully saturated rings. The van der Waals surface area contributed by atoms with Crippen LogP contribution in [0.2, 0.25) is 0 Å². The normalized spacial score (nSPS) is 14.5. The Morgan fingerprint density at radius 3 is 2.88 bits per heavy atom. The summed E-state index contributed by atoms with van der Waals surface area (Å²) in [5, 5.41) is 3.58. The van der Waals surface area contributed by atoms with Gasteiger partial charge in [0.05, 0.1) is 12.3 Å². The highest BCUT2D eigenvalue weighted by Crippen LogP contribution is 2.18. The zero-order chi connectivity index (χ0) is 12.1. The molecule has 0 bridgehead atoms. The number of hydrogen-bond acceptors (Lipinski definition) is 4. The lowest BCUT2D eigenvalue weighted by Crippen LogP contribution is -2.28. The first-order valence-electron chi connectivity index (χ1n) is 5.40. The molecule has 1 amide bonds. The Bertz CT molecular complexity index is 429. The van der Waals surface area contributed by atoms with Gasteiger partial charge < -0.3 is 5.32 Å². The minimum atomic E-state index is 0.0173. The minimum Gasteiger partial charge on any atom is -0.305 e. The number of aliphatic imine (C=N–C) groups is 1. The molecule has 1 aromatic carbocycles. The van der Waals surface area contributed by atoms with Gasteiger partial charge in [0, 0.05) is 10.6 Å². The molecular weight excluding hydrogens is 252 g/mol. The second-order valence-electron chi connectivity index (χ2n) is 3.69. The lowest BCUT2D eigenvalue weighted by Gasteiger charge is -2.04. The van der Waals surface area contributed by atoms with E-state index in [2.05, 4.69) is 29.4 Å². The topological polar surface area (TPSA) is 41.5 Å². The van der Waals surface area contributed by atoms with E-state index in [1.54, 1.807) is 23.5 Å². The van der Waals surface area contributed by atoms with Gasteiger partial charge in [-0.25, -0.2) is 0 Å². The highest BCUT2D eigenvalue weighted by molar-refractivity contribution is 8.14. The van der Waals surface area contributed by atoms with Crippen LogP contribution in [0.4, 0.5) is 0 Å². The van der Waals surface area contributed by atoms with Crippen molar-refractivity contribution in [3.63, 3.8) is 0 Å². The number of hydrogen-bond donors (Lipinski definition) is 1. The summed E-state index contributed by atoms with van der Waals surface area (Å²) in [6.07, 6.45) is 0. The third kappa shape index (κ3) is 4.09. The van der Waals surface area contributed by atoms with E-state index in [9.17, 15) is 4.79 Å². The Hall–Kier alpha value is -0.940. The number of thioether (sulfide) groups is 2. The molecule has 1 aliphatic rings. The summed E-state index contributed by atoms with van der Waals surface area (Å²) in [5.74, 6) is 1.42. The molecule has 0 aliphatic carbocycles. The lowest BCUT2D eigenvalue weighted by molar-refractivity contribution is -0.117. The maximum atomic E-state index is 11.6. The molecule has 3 nitrogen and oxygen atoms in total. The van der Waals surface area contributed by atoms with Crippen molar-refractivity contribution in [1.29, 1.82) is 0 Å². The van der Waals surface area contributed by atoms with Gasteiger partial charge in [0.2, 0.25) is 5.91 Å². The first-order chi connectivity index (χ1) is 8.24. The van der Waals surface area contributed by atoms with Gasteiger partial charge in [0.1, 0.15) is 0 Å². The quantitative estimate of drug-likeness (QED) is 0.854. The standard InChI is InChI=1S/C12H14N2OS2/c1-9-2-4-10(5-3-9)17-8-11(15)14-12-13-6-7-16-12/h2-5H,6-8H2,1H3,(H,13,14,15). The molecule has 0 aromatic heterocycles. The van der Waals surface area contributed by atoms with Gasteiger partial charge in [0.15, 0.2) is 5.17 Å². The van der Waals surface area contributed by atoms with E-state index < -0.39 is 0 Å². The monoisotopic (exact) mass is 266 g/mol. The van der Waals surface area contributed by atoms with E-state index in [4.69, 9.17) is 0 Å². The van der Waals surface area contributed by atoms with Crippen LogP contribution < -0.4 is 5.32 Å². The van der Waals surface area contributed by atoms with Crippen LogP contribution in [0, 0.1) is 6.92 Å². The summed E-state index contributed by atoms with van der Waals surface area (Å²) in [6.45, 7) is 2.86. The van der Waals surface area contributed by atoms with Gasteiger partial charge >= 0.3 is 0 Å². The number of nitrogens with one attached hydrogen (secondary N) is 1. The molecule has 1 aromatic rings. The van der Waals surface area contributed by atoms with Crippen molar-refractivity contribution in [2.24, 2.45) is 4.99 Å². The van der Waals surface area contributed by atoms with Crippen LogP contribution in [-0.4, -0.2) is 29.1 Å². The van der Waals surface area contributed by atoms with E-state index in [-0.39, 0.29) is 5.91 Å².